The van der Waals surface area contributed by atoms with Crippen LogP contribution in [0.2, 0.25) is 0 Å². The van der Waals surface area contributed by atoms with Gasteiger partial charge in [0.15, 0.2) is 6.29 Å². The van der Waals surface area contributed by atoms with Gasteiger partial charge in [0.2, 0.25) is 0 Å². The number of pyridine rings is 1. The van der Waals surface area contributed by atoms with Crippen molar-refractivity contribution >= 4 is 17.4 Å². The second-order valence-electron chi connectivity index (χ2n) is 5.07. The maximum atomic E-state index is 9.44. The number of hydrogen-bond acceptors (Lipinski definition) is 5. The summed E-state index contributed by atoms with van der Waals surface area (Å²) >= 11 is 1.41. The molecule has 0 saturated heterocycles. The van der Waals surface area contributed by atoms with E-state index in [0.717, 1.165) is 16.0 Å². The van der Waals surface area contributed by atoms with Crippen LogP contribution in [0.1, 0.15) is 13.8 Å². The Balaban J connectivity index is 2.38. The van der Waals surface area contributed by atoms with Crippen LogP contribution in [0.15, 0.2) is 47.6 Å². The third kappa shape index (κ3) is 3.30. The third-order valence-corrected chi connectivity index (χ3v) is 4.31. The number of nitrogens with zero attached hydrogens (tertiary/aromatic N) is 1. The van der Waals surface area contributed by atoms with Crippen LogP contribution in [0, 0.1) is 0 Å². The highest BCUT2D eigenvalue weighted by molar-refractivity contribution is 8.00. The molecule has 0 fully saturated rings. The number of anilines is 1. The first-order valence-corrected chi connectivity index (χ1v) is 7.07. The maximum Gasteiger partial charge on any atom is 0.166 e. The quantitative estimate of drug-likeness (QED) is 0.458. The first-order chi connectivity index (χ1) is 9.40. The number of nitrogens with two attached hydrogens (primary N) is 1. The van der Waals surface area contributed by atoms with Gasteiger partial charge >= 0.3 is 0 Å². The average Bonchev–Trinajstić information content (AvgIpc) is 2.40. The molecule has 106 valence electrons. The molecule has 1 heterocycles. The minimum atomic E-state index is -1.40. The lowest BCUT2D eigenvalue weighted by molar-refractivity contribution is -0.0605. The predicted molar refractivity (Wildman–Crippen MR) is 82.2 cm³/mol. The third-order valence-electron chi connectivity index (χ3n) is 3.00. The van der Waals surface area contributed by atoms with Gasteiger partial charge in [-0.15, -0.1) is 11.8 Å². The van der Waals surface area contributed by atoms with Gasteiger partial charge < -0.3 is 15.9 Å². The summed E-state index contributed by atoms with van der Waals surface area (Å²) < 4.78 is -0.704. The molecule has 0 saturated carbocycles. The summed E-state index contributed by atoms with van der Waals surface area (Å²) in [5, 5.41) is 18.9. The molecular formula is C15H18N2O2S. The summed E-state index contributed by atoms with van der Waals surface area (Å²) in [5.41, 5.74) is 8.35. The molecule has 20 heavy (non-hydrogen) atoms. The topological polar surface area (TPSA) is 79.4 Å². The van der Waals surface area contributed by atoms with E-state index in [1.165, 1.54) is 11.8 Å². The van der Waals surface area contributed by atoms with Crippen molar-refractivity contribution in [3.8, 4) is 11.1 Å². The lowest BCUT2D eigenvalue weighted by Crippen LogP contribution is -2.32. The maximum absolute atomic E-state index is 9.44. The van der Waals surface area contributed by atoms with Crippen molar-refractivity contribution in [3.05, 3.63) is 42.7 Å². The van der Waals surface area contributed by atoms with Crippen molar-refractivity contribution in [1.82, 2.24) is 4.98 Å². The molecule has 2 aromatic rings. The number of hydrogen-bond donors (Lipinski definition) is 3. The SMILES string of the molecule is CC(C)(Sc1ccncc1-c1ccc(N)cc1)C(O)O. The Labute approximate surface area is 122 Å². The molecular weight excluding hydrogens is 272 g/mol. The molecule has 5 heteroatoms. The molecule has 4 nitrogen and oxygen atoms in total. The summed E-state index contributed by atoms with van der Waals surface area (Å²) in [5.74, 6) is 0. The monoisotopic (exact) mass is 290 g/mol. The highest BCUT2D eigenvalue weighted by Gasteiger charge is 2.28. The molecule has 2 rings (SSSR count). The first kappa shape index (κ1) is 14.8. The number of nitrogen functional groups attached to an aromatic ring is 1. The molecule has 0 unspecified atom stereocenters. The van der Waals surface area contributed by atoms with E-state index >= 15 is 0 Å². The molecule has 1 aromatic carbocycles. The molecule has 0 aliphatic carbocycles. The van der Waals surface area contributed by atoms with Gasteiger partial charge in [0, 0.05) is 28.5 Å². The van der Waals surface area contributed by atoms with Gasteiger partial charge in [0.05, 0.1) is 4.75 Å². The van der Waals surface area contributed by atoms with Crippen molar-refractivity contribution in [2.75, 3.05) is 5.73 Å². The van der Waals surface area contributed by atoms with Gasteiger partial charge in [0.25, 0.3) is 0 Å². The molecule has 0 amide bonds. The fraction of sp³-hybridized carbons (Fsp3) is 0.267. The van der Waals surface area contributed by atoms with E-state index in [0.29, 0.717) is 5.69 Å². The second kappa shape index (κ2) is 5.83. The van der Waals surface area contributed by atoms with Crippen LogP contribution in [-0.4, -0.2) is 26.2 Å². The Morgan fingerprint density at radius 2 is 1.80 bits per heavy atom. The number of thioether (sulfide) groups is 1. The zero-order chi connectivity index (χ0) is 14.8. The second-order valence-corrected chi connectivity index (χ2v) is 6.77. The normalized spacial score (nSPS) is 11.8. The van der Waals surface area contributed by atoms with E-state index in [4.69, 9.17) is 5.73 Å². The van der Waals surface area contributed by atoms with Crippen molar-refractivity contribution < 1.29 is 10.2 Å². The largest absolute Gasteiger partial charge is 0.399 e. The Kier molecular flexibility index (Phi) is 4.32. The van der Waals surface area contributed by atoms with Gasteiger partial charge in [-0.2, -0.15) is 0 Å². The van der Waals surface area contributed by atoms with Gasteiger partial charge in [-0.1, -0.05) is 12.1 Å². The van der Waals surface area contributed by atoms with Crippen molar-refractivity contribution in [1.29, 1.82) is 0 Å². The Morgan fingerprint density at radius 1 is 1.15 bits per heavy atom. The Hall–Kier alpha value is -1.56. The van der Waals surface area contributed by atoms with Gasteiger partial charge in [-0.25, -0.2) is 0 Å². The summed E-state index contributed by atoms with van der Waals surface area (Å²) in [6.07, 6.45) is 2.07. The summed E-state index contributed by atoms with van der Waals surface area (Å²) in [6, 6.07) is 9.41. The average molecular weight is 290 g/mol. The van der Waals surface area contributed by atoms with Gasteiger partial charge in [-0.05, 0) is 37.6 Å². The Bertz CT molecular complexity index is 583. The number of rotatable bonds is 4. The Morgan fingerprint density at radius 3 is 2.40 bits per heavy atom. The van der Waals surface area contributed by atoms with Gasteiger partial charge in [-0.3, -0.25) is 4.98 Å². The van der Waals surface area contributed by atoms with E-state index < -0.39 is 11.0 Å². The lowest BCUT2D eigenvalue weighted by atomic mass is 10.1. The van der Waals surface area contributed by atoms with Crippen molar-refractivity contribution in [2.45, 2.75) is 29.8 Å². The molecule has 4 N–H and O–H groups in total. The predicted octanol–water partition coefficient (Wildman–Crippen LogP) is 2.51. The minimum Gasteiger partial charge on any atom is -0.399 e. The summed E-state index contributed by atoms with van der Waals surface area (Å²) in [4.78, 5) is 5.10. The number of aliphatic hydroxyl groups is 2. The molecule has 1 aromatic heterocycles. The van der Waals surface area contributed by atoms with Crippen LogP contribution in [0.3, 0.4) is 0 Å². The van der Waals surface area contributed by atoms with Crippen molar-refractivity contribution in [3.63, 3.8) is 0 Å². The highest BCUT2D eigenvalue weighted by Crippen LogP contribution is 2.39. The van der Waals surface area contributed by atoms with Crippen molar-refractivity contribution in [2.24, 2.45) is 0 Å². The molecule has 0 spiro atoms. The van der Waals surface area contributed by atoms with E-state index in [-0.39, 0.29) is 0 Å². The van der Waals surface area contributed by atoms with Crippen LogP contribution in [-0.2, 0) is 0 Å². The van der Waals surface area contributed by atoms with Crippen LogP contribution in [0.4, 0.5) is 5.69 Å². The van der Waals surface area contributed by atoms with Crippen LogP contribution in [0.25, 0.3) is 11.1 Å². The first-order valence-electron chi connectivity index (χ1n) is 6.25. The highest BCUT2D eigenvalue weighted by atomic mass is 32.2. The molecule has 0 radical (unpaired) electrons. The molecule has 0 atom stereocenters. The molecule has 0 bridgehead atoms. The number of aliphatic hydroxyl groups excluding tert-OH is 1. The van der Waals surface area contributed by atoms with E-state index in [9.17, 15) is 10.2 Å². The van der Waals surface area contributed by atoms with E-state index in [2.05, 4.69) is 4.98 Å². The number of benzene rings is 1. The van der Waals surface area contributed by atoms with Crippen LogP contribution < -0.4 is 5.73 Å². The van der Waals surface area contributed by atoms with Gasteiger partial charge in [0.1, 0.15) is 0 Å². The standard InChI is InChI=1S/C15H18N2O2S/c1-15(2,14(18)19)20-13-7-8-17-9-12(13)10-3-5-11(16)6-4-10/h3-9,14,18-19H,16H2,1-2H3. The fourth-order valence-corrected chi connectivity index (χ4v) is 2.77. The van der Waals surface area contributed by atoms with Crippen LogP contribution >= 0.6 is 11.8 Å². The molecule has 0 aliphatic rings. The van der Waals surface area contributed by atoms with E-state index in [1.54, 1.807) is 26.2 Å². The lowest BCUT2D eigenvalue weighted by Gasteiger charge is -2.26. The number of aromatic nitrogens is 1. The fourth-order valence-electron chi connectivity index (χ4n) is 1.69. The zero-order valence-electron chi connectivity index (χ0n) is 11.4. The van der Waals surface area contributed by atoms with Crippen LogP contribution in [0.5, 0.6) is 0 Å². The smallest absolute Gasteiger partial charge is 0.166 e. The van der Waals surface area contributed by atoms with E-state index in [1.807, 2.05) is 30.3 Å². The molecule has 0 aliphatic heterocycles. The summed E-state index contributed by atoms with van der Waals surface area (Å²) in [6.45, 7) is 3.57. The minimum absolute atomic E-state index is 0.704. The zero-order valence-corrected chi connectivity index (χ0v) is 12.3. The summed E-state index contributed by atoms with van der Waals surface area (Å²) in [7, 11) is 0.